The lowest BCUT2D eigenvalue weighted by Crippen LogP contribution is -2.50. The third kappa shape index (κ3) is 3.17. The topological polar surface area (TPSA) is 72.6 Å². The highest BCUT2D eigenvalue weighted by Gasteiger charge is 2.34. The maximum Gasteiger partial charge on any atom is 0.243 e. The zero-order valence-corrected chi connectivity index (χ0v) is 13.1. The van der Waals surface area contributed by atoms with Crippen molar-refractivity contribution in [3.05, 3.63) is 29.8 Å². The monoisotopic (exact) mass is 314 g/mol. The first-order chi connectivity index (χ1) is 9.22. The first-order valence-electron chi connectivity index (χ1n) is 6.26. The number of nitrogens with zero attached hydrogens (tertiary/aromatic N) is 1. The van der Waals surface area contributed by atoms with E-state index in [1.54, 1.807) is 12.1 Å². The highest BCUT2D eigenvalue weighted by atomic mass is 32.2. The van der Waals surface area contributed by atoms with Crippen LogP contribution < -0.4 is 5.73 Å². The lowest BCUT2D eigenvalue weighted by atomic mass is 10.1. The number of ether oxygens (including phenoxy) is 1. The molecule has 1 saturated heterocycles. The summed E-state index contributed by atoms with van der Waals surface area (Å²) in [5.41, 5.74) is 5.69. The Kier molecular flexibility index (Phi) is 4.15. The van der Waals surface area contributed by atoms with Crippen molar-refractivity contribution < 1.29 is 13.2 Å². The minimum Gasteiger partial charge on any atom is -0.389 e. The predicted molar refractivity (Wildman–Crippen MR) is 81.1 cm³/mol. The van der Waals surface area contributed by atoms with Crippen LogP contribution in [0.4, 0.5) is 0 Å². The van der Waals surface area contributed by atoms with E-state index in [0.717, 1.165) is 0 Å². The number of benzene rings is 1. The molecule has 2 rings (SSSR count). The molecule has 0 radical (unpaired) electrons. The lowest BCUT2D eigenvalue weighted by molar-refractivity contribution is -0.0640. The summed E-state index contributed by atoms with van der Waals surface area (Å²) < 4.78 is 32.1. The fourth-order valence-electron chi connectivity index (χ4n) is 2.12. The third-order valence-electron chi connectivity index (χ3n) is 3.17. The Hall–Kier alpha value is -1.02. The summed E-state index contributed by atoms with van der Waals surface area (Å²) in [4.78, 5) is 0.497. The van der Waals surface area contributed by atoms with Crippen LogP contribution in [0.1, 0.15) is 19.4 Å². The Morgan fingerprint density at radius 3 is 2.45 bits per heavy atom. The molecule has 0 saturated carbocycles. The van der Waals surface area contributed by atoms with Gasteiger partial charge in [-0.2, -0.15) is 4.31 Å². The number of morpholine rings is 1. The minimum absolute atomic E-state index is 0.246. The number of hydrogen-bond acceptors (Lipinski definition) is 4. The number of sulfonamides is 1. The van der Waals surface area contributed by atoms with Gasteiger partial charge in [-0.05, 0) is 26.0 Å². The van der Waals surface area contributed by atoms with Crippen molar-refractivity contribution in [2.24, 2.45) is 5.73 Å². The van der Waals surface area contributed by atoms with Gasteiger partial charge in [0, 0.05) is 18.7 Å². The normalized spacial score (nSPS) is 19.7. The Morgan fingerprint density at radius 1 is 1.35 bits per heavy atom. The summed E-state index contributed by atoms with van der Waals surface area (Å²) in [6.07, 6.45) is 0. The average Bonchev–Trinajstić information content (AvgIpc) is 2.37. The van der Waals surface area contributed by atoms with E-state index in [1.807, 2.05) is 13.8 Å². The number of thiocarbonyl (C=S) groups is 1. The van der Waals surface area contributed by atoms with Gasteiger partial charge in [0.05, 0.1) is 17.1 Å². The van der Waals surface area contributed by atoms with Crippen LogP contribution in [0.5, 0.6) is 0 Å². The Morgan fingerprint density at radius 2 is 1.95 bits per heavy atom. The maximum atomic E-state index is 12.6. The van der Waals surface area contributed by atoms with Gasteiger partial charge in [-0.1, -0.05) is 24.4 Å². The Balaban J connectivity index is 2.28. The molecular formula is C13H18N2O3S2. The minimum atomic E-state index is -3.51. The fraction of sp³-hybridized carbons (Fsp3) is 0.462. The highest BCUT2D eigenvalue weighted by Crippen LogP contribution is 2.23. The quantitative estimate of drug-likeness (QED) is 0.847. The zero-order chi connectivity index (χ0) is 15.0. The Labute approximate surface area is 124 Å². The van der Waals surface area contributed by atoms with Gasteiger partial charge in [0.15, 0.2) is 0 Å². The number of rotatable bonds is 3. The van der Waals surface area contributed by atoms with E-state index in [2.05, 4.69) is 0 Å². The molecule has 0 unspecified atom stereocenters. The van der Waals surface area contributed by atoms with E-state index in [-0.39, 0.29) is 9.88 Å². The molecule has 0 bridgehead atoms. The van der Waals surface area contributed by atoms with Crippen molar-refractivity contribution in [3.8, 4) is 0 Å². The molecule has 2 N–H and O–H groups in total. The van der Waals surface area contributed by atoms with E-state index in [4.69, 9.17) is 22.7 Å². The molecular weight excluding hydrogens is 296 g/mol. The summed E-state index contributed by atoms with van der Waals surface area (Å²) >= 11 is 4.86. The summed E-state index contributed by atoms with van der Waals surface area (Å²) in [5, 5.41) is 0. The molecule has 0 aliphatic carbocycles. The van der Waals surface area contributed by atoms with E-state index < -0.39 is 15.6 Å². The molecule has 0 spiro atoms. The van der Waals surface area contributed by atoms with Crippen molar-refractivity contribution in [2.75, 3.05) is 19.7 Å². The fourth-order valence-corrected chi connectivity index (χ4v) is 3.83. The molecule has 5 nitrogen and oxygen atoms in total. The van der Waals surface area contributed by atoms with Crippen LogP contribution in [0.3, 0.4) is 0 Å². The first-order valence-corrected chi connectivity index (χ1v) is 8.11. The first kappa shape index (κ1) is 15.4. The molecule has 1 fully saturated rings. The summed E-state index contributed by atoms with van der Waals surface area (Å²) in [6, 6.07) is 6.32. The molecule has 0 atom stereocenters. The van der Waals surface area contributed by atoms with Crippen LogP contribution in [-0.4, -0.2) is 43.0 Å². The van der Waals surface area contributed by atoms with E-state index in [1.165, 1.54) is 16.4 Å². The SMILES string of the molecule is CC1(C)CN(S(=O)(=O)c2ccc(C(N)=S)cc2)CCO1. The lowest BCUT2D eigenvalue weighted by Gasteiger charge is -2.37. The molecule has 1 aliphatic heterocycles. The van der Waals surface area contributed by atoms with Crippen molar-refractivity contribution >= 4 is 27.2 Å². The molecule has 1 aliphatic rings. The van der Waals surface area contributed by atoms with Crippen molar-refractivity contribution in [2.45, 2.75) is 24.3 Å². The molecule has 7 heteroatoms. The molecule has 0 aromatic heterocycles. The van der Waals surface area contributed by atoms with Crippen molar-refractivity contribution in [1.82, 2.24) is 4.31 Å². The third-order valence-corrected chi connectivity index (χ3v) is 5.26. The molecule has 1 aromatic carbocycles. The summed E-state index contributed by atoms with van der Waals surface area (Å²) in [7, 11) is -3.51. The summed E-state index contributed by atoms with van der Waals surface area (Å²) in [5.74, 6) is 0. The standard InChI is InChI=1S/C13H18N2O3S2/c1-13(2)9-15(7-8-18-13)20(16,17)11-5-3-10(4-6-11)12(14)19/h3-6H,7-9H2,1-2H3,(H2,14,19). The number of hydrogen-bond donors (Lipinski definition) is 1. The molecule has 1 heterocycles. The van der Waals surface area contributed by atoms with Gasteiger partial charge < -0.3 is 10.5 Å². The summed E-state index contributed by atoms with van der Waals surface area (Å²) in [6.45, 7) is 4.86. The molecule has 20 heavy (non-hydrogen) atoms. The number of nitrogens with two attached hydrogens (primary N) is 1. The van der Waals surface area contributed by atoms with Crippen LogP contribution in [0.2, 0.25) is 0 Å². The average molecular weight is 314 g/mol. The smallest absolute Gasteiger partial charge is 0.243 e. The van der Waals surface area contributed by atoms with Gasteiger partial charge >= 0.3 is 0 Å². The van der Waals surface area contributed by atoms with Gasteiger partial charge in [0.1, 0.15) is 4.99 Å². The zero-order valence-electron chi connectivity index (χ0n) is 11.5. The van der Waals surface area contributed by atoms with Gasteiger partial charge in [0.2, 0.25) is 10.0 Å². The molecule has 110 valence electrons. The van der Waals surface area contributed by atoms with Crippen LogP contribution in [-0.2, 0) is 14.8 Å². The second kappa shape index (κ2) is 5.40. The maximum absolute atomic E-state index is 12.6. The van der Waals surface area contributed by atoms with E-state index in [9.17, 15) is 8.42 Å². The molecule has 1 aromatic rings. The Bertz CT molecular complexity index is 609. The van der Waals surface area contributed by atoms with Crippen molar-refractivity contribution in [3.63, 3.8) is 0 Å². The second-order valence-electron chi connectivity index (χ2n) is 5.34. The van der Waals surface area contributed by atoms with Gasteiger partial charge in [-0.25, -0.2) is 8.42 Å². The van der Waals surface area contributed by atoms with Gasteiger partial charge in [-0.15, -0.1) is 0 Å². The van der Waals surface area contributed by atoms with Crippen molar-refractivity contribution in [1.29, 1.82) is 0 Å². The predicted octanol–water partition coefficient (Wildman–Crippen LogP) is 1.12. The van der Waals surface area contributed by atoms with E-state index in [0.29, 0.717) is 25.3 Å². The largest absolute Gasteiger partial charge is 0.389 e. The van der Waals surface area contributed by atoms with Gasteiger partial charge in [-0.3, -0.25) is 0 Å². The highest BCUT2D eigenvalue weighted by molar-refractivity contribution is 7.89. The van der Waals surface area contributed by atoms with Crippen LogP contribution in [0.25, 0.3) is 0 Å². The molecule has 0 amide bonds. The van der Waals surface area contributed by atoms with Gasteiger partial charge in [0.25, 0.3) is 0 Å². The second-order valence-corrected chi connectivity index (χ2v) is 7.71. The van der Waals surface area contributed by atoms with Crippen LogP contribution >= 0.6 is 12.2 Å². The van der Waals surface area contributed by atoms with Crippen LogP contribution in [0, 0.1) is 0 Å². The van der Waals surface area contributed by atoms with Crippen LogP contribution in [0.15, 0.2) is 29.2 Å². The van der Waals surface area contributed by atoms with E-state index >= 15 is 0 Å².